The number of Topliss-reactive ketones (excluding diaryl/α,β-unsaturated/α-hetero) is 1. The van der Waals surface area contributed by atoms with Gasteiger partial charge in [-0.25, -0.2) is 9.67 Å². The van der Waals surface area contributed by atoms with Gasteiger partial charge in [-0.1, -0.05) is 18.2 Å². The molecule has 198 valence electrons. The minimum Gasteiger partial charge on any atom is -0.379 e. The van der Waals surface area contributed by atoms with Gasteiger partial charge in [0.25, 0.3) is 0 Å². The molecule has 0 spiro atoms. The van der Waals surface area contributed by atoms with Crippen LogP contribution in [-0.4, -0.2) is 62.8 Å². The van der Waals surface area contributed by atoms with Crippen LogP contribution in [0.3, 0.4) is 0 Å². The zero-order valence-electron chi connectivity index (χ0n) is 22.7. The first kappa shape index (κ1) is 25.1. The SMILES string of the molecule is Cc1cc(CC(=O)c2cnn(-c3ncc(C4CC4)cc3C)c2C)cnc1C1=CCC(N2CCOCC2)CC1. The summed E-state index contributed by atoms with van der Waals surface area (Å²) in [6.07, 6.45) is 14.0. The summed E-state index contributed by atoms with van der Waals surface area (Å²) in [5.74, 6) is 1.51. The van der Waals surface area contributed by atoms with Crippen LogP contribution in [0, 0.1) is 20.8 Å². The van der Waals surface area contributed by atoms with Gasteiger partial charge >= 0.3 is 0 Å². The fourth-order valence-electron chi connectivity index (χ4n) is 6.00. The van der Waals surface area contributed by atoms with E-state index in [2.05, 4.69) is 47.0 Å². The van der Waals surface area contributed by atoms with E-state index in [0.717, 1.165) is 79.5 Å². The summed E-state index contributed by atoms with van der Waals surface area (Å²) < 4.78 is 7.31. The predicted molar refractivity (Wildman–Crippen MR) is 148 cm³/mol. The maximum absolute atomic E-state index is 13.3. The van der Waals surface area contributed by atoms with E-state index in [1.165, 1.54) is 24.0 Å². The molecule has 3 aliphatic rings. The van der Waals surface area contributed by atoms with Crippen LogP contribution in [0.2, 0.25) is 0 Å². The Hall–Kier alpha value is -3.16. The van der Waals surface area contributed by atoms with E-state index in [4.69, 9.17) is 9.72 Å². The summed E-state index contributed by atoms with van der Waals surface area (Å²) in [6, 6.07) is 4.94. The van der Waals surface area contributed by atoms with Crippen LogP contribution in [0.1, 0.15) is 82.0 Å². The number of pyridine rings is 2. The van der Waals surface area contributed by atoms with E-state index in [1.807, 2.05) is 19.3 Å². The summed E-state index contributed by atoms with van der Waals surface area (Å²) in [6.45, 7) is 9.88. The average molecular weight is 512 g/mol. The van der Waals surface area contributed by atoms with Gasteiger partial charge in [0, 0.05) is 37.9 Å². The second-order valence-corrected chi connectivity index (χ2v) is 11.2. The number of ether oxygens (including phenoxy) is 1. The molecule has 3 aromatic heterocycles. The topological polar surface area (TPSA) is 73.1 Å². The molecule has 2 aliphatic carbocycles. The Morgan fingerprint density at radius 3 is 2.50 bits per heavy atom. The number of allylic oxidation sites excluding steroid dienone is 1. The molecule has 1 saturated carbocycles. The Morgan fingerprint density at radius 2 is 1.82 bits per heavy atom. The molecule has 0 bridgehead atoms. The average Bonchev–Trinajstić information content (AvgIpc) is 3.71. The third-order valence-electron chi connectivity index (χ3n) is 8.38. The Morgan fingerprint density at radius 1 is 1.00 bits per heavy atom. The standard InChI is InChI=1S/C31H37N5O2/c1-20-14-23(17-32-30(20)25-6-8-27(9-7-25)35-10-12-38-13-11-35)16-29(37)28-19-34-36(22(28)3)31-21(2)15-26(18-33-31)24-4-5-24/h6,14-15,17-19,24,27H,4-5,7-13,16H2,1-3H3. The molecular weight excluding hydrogens is 474 g/mol. The Balaban J connectivity index is 1.13. The van der Waals surface area contributed by atoms with Crippen molar-refractivity contribution >= 4 is 11.4 Å². The molecule has 38 heavy (non-hydrogen) atoms. The van der Waals surface area contributed by atoms with E-state index in [-0.39, 0.29) is 5.78 Å². The zero-order valence-corrected chi connectivity index (χ0v) is 22.7. The lowest BCUT2D eigenvalue weighted by atomic mass is 9.90. The van der Waals surface area contributed by atoms with E-state index >= 15 is 0 Å². The molecule has 1 aliphatic heterocycles. The maximum atomic E-state index is 13.3. The van der Waals surface area contributed by atoms with Crippen molar-refractivity contribution in [2.24, 2.45) is 0 Å². The summed E-state index contributed by atoms with van der Waals surface area (Å²) in [5, 5.41) is 4.53. The maximum Gasteiger partial charge on any atom is 0.170 e. The van der Waals surface area contributed by atoms with Gasteiger partial charge in [-0.15, -0.1) is 0 Å². The molecule has 7 heteroatoms. The first-order valence-electron chi connectivity index (χ1n) is 14.0. The van der Waals surface area contributed by atoms with E-state index in [9.17, 15) is 4.79 Å². The quantitative estimate of drug-likeness (QED) is 0.408. The van der Waals surface area contributed by atoms with Crippen LogP contribution in [-0.2, 0) is 11.2 Å². The lowest BCUT2D eigenvalue weighted by molar-refractivity contribution is 0.0150. The number of hydrogen-bond donors (Lipinski definition) is 0. The van der Waals surface area contributed by atoms with Gasteiger partial charge in [0.15, 0.2) is 11.6 Å². The number of morpholine rings is 1. The van der Waals surface area contributed by atoms with Crippen LogP contribution in [0.25, 0.3) is 11.4 Å². The van der Waals surface area contributed by atoms with E-state index < -0.39 is 0 Å². The molecule has 4 heterocycles. The zero-order chi connectivity index (χ0) is 26.2. The highest BCUT2D eigenvalue weighted by Gasteiger charge is 2.26. The molecule has 0 N–H and O–H groups in total. The van der Waals surface area contributed by atoms with Gasteiger partial charge < -0.3 is 4.74 Å². The fraction of sp³-hybridized carbons (Fsp3) is 0.484. The van der Waals surface area contributed by atoms with Crippen LogP contribution in [0.5, 0.6) is 0 Å². The summed E-state index contributed by atoms with van der Waals surface area (Å²) in [7, 11) is 0. The lowest BCUT2D eigenvalue weighted by Gasteiger charge is -2.36. The monoisotopic (exact) mass is 511 g/mol. The van der Waals surface area contributed by atoms with Gasteiger partial charge in [-0.2, -0.15) is 5.10 Å². The second kappa shape index (κ2) is 10.5. The Kier molecular flexibility index (Phi) is 6.97. The molecule has 7 nitrogen and oxygen atoms in total. The molecule has 0 aromatic carbocycles. The molecule has 0 amide bonds. The van der Waals surface area contributed by atoms with Crippen molar-refractivity contribution in [1.82, 2.24) is 24.6 Å². The number of ketones is 1. The predicted octanol–water partition coefficient (Wildman–Crippen LogP) is 5.16. The molecule has 1 unspecified atom stereocenters. The van der Waals surface area contributed by atoms with Gasteiger partial charge in [-0.05, 0) is 86.6 Å². The van der Waals surface area contributed by atoms with E-state index in [0.29, 0.717) is 23.9 Å². The van der Waals surface area contributed by atoms with Crippen molar-refractivity contribution in [3.8, 4) is 5.82 Å². The van der Waals surface area contributed by atoms with E-state index in [1.54, 1.807) is 10.9 Å². The molecule has 1 saturated heterocycles. The lowest BCUT2D eigenvalue weighted by Crippen LogP contribution is -2.43. The number of carbonyl (C=O) groups is 1. The van der Waals surface area contributed by atoms with Crippen molar-refractivity contribution in [1.29, 1.82) is 0 Å². The summed E-state index contributed by atoms with van der Waals surface area (Å²) in [4.78, 5) is 25.3. The normalized spacial score (nSPS) is 20.4. The number of aromatic nitrogens is 4. The van der Waals surface area contributed by atoms with Crippen molar-refractivity contribution in [3.05, 3.63) is 76.0 Å². The summed E-state index contributed by atoms with van der Waals surface area (Å²) in [5.41, 5.74) is 8.34. The smallest absolute Gasteiger partial charge is 0.170 e. The van der Waals surface area contributed by atoms with Crippen LogP contribution in [0.4, 0.5) is 0 Å². The van der Waals surface area contributed by atoms with Crippen molar-refractivity contribution < 1.29 is 9.53 Å². The first-order valence-corrected chi connectivity index (χ1v) is 14.0. The Labute approximate surface area is 224 Å². The van der Waals surface area contributed by atoms with Gasteiger partial charge in [0.05, 0.1) is 36.4 Å². The van der Waals surface area contributed by atoms with Crippen LogP contribution >= 0.6 is 0 Å². The first-order chi connectivity index (χ1) is 18.5. The molecule has 0 radical (unpaired) electrons. The highest BCUT2D eigenvalue weighted by Crippen LogP contribution is 2.40. The number of aryl methyl sites for hydroxylation is 2. The fourth-order valence-corrected chi connectivity index (χ4v) is 6.00. The highest BCUT2D eigenvalue weighted by molar-refractivity contribution is 5.98. The minimum atomic E-state index is 0.0557. The van der Waals surface area contributed by atoms with Crippen molar-refractivity contribution in [3.63, 3.8) is 0 Å². The van der Waals surface area contributed by atoms with Crippen LogP contribution < -0.4 is 0 Å². The summed E-state index contributed by atoms with van der Waals surface area (Å²) >= 11 is 0. The second-order valence-electron chi connectivity index (χ2n) is 11.2. The largest absolute Gasteiger partial charge is 0.379 e. The minimum absolute atomic E-state index is 0.0557. The van der Waals surface area contributed by atoms with Crippen molar-refractivity contribution in [2.75, 3.05) is 26.3 Å². The third-order valence-corrected chi connectivity index (χ3v) is 8.38. The number of hydrogen-bond acceptors (Lipinski definition) is 6. The number of rotatable bonds is 7. The van der Waals surface area contributed by atoms with Gasteiger partial charge in [0.1, 0.15) is 0 Å². The molecule has 3 aromatic rings. The molecule has 6 rings (SSSR count). The van der Waals surface area contributed by atoms with Crippen molar-refractivity contribution in [2.45, 2.75) is 71.3 Å². The molecule has 1 atom stereocenters. The number of carbonyl (C=O) groups excluding carboxylic acids is 1. The van der Waals surface area contributed by atoms with Crippen LogP contribution in [0.15, 0.2) is 36.8 Å². The Bertz CT molecular complexity index is 1380. The third kappa shape index (κ3) is 5.09. The number of nitrogens with zero attached hydrogens (tertiary/aromatic N) is 5. The van der Waals surface area contributed by atoms with Gasteiger partial charge in [-0.3, -0.25) is 14.7 Å². The highest BCUT2D eigenvalue weighted by atomic mass is 16.5. The molecular formula is C31H37N5O2. The molecule has 2 fully saturated rings. The van der Waals surface area contributed by atoms with Gasteiger partial charge in [0.2, 0.25) is 0 Å².